The van der Waals surface area contributed by atoms with Crippen LogP contribution in [0, 0.1) is 13.8 Å². The fourth-order valence-electron chi connectivity index (χ4n) is 2.73. The molecule has 0 unspecified atom stereocenters. The third-order valence-corrected chi connectivity index (χ3v) is 4.32. The fraction of sp³-hybridized carbons (Fsp3) is 0.471. The molecule has 106 valence electrons. The van der Waals surface area contributed by atoms with Crippen LogP contribution in [0.25, 0.3) is 0 Å². The lowest BCUT2D eigenvalue weighted by molar-refractivity contribution is 0.684. The second-order valence-electron chi connectivity index (χ2n) is 5.89. The van der Waals surface area contributed by atoms with Crippen LogP contribution >= 0.6 is 0 Å². The Morgan fingerprint density at radius 3 is 2.40 bits per heavy atom. The van der Waals surface area contributed by atoms with Crippen molar-refractivity contribution >= 4 is 0 Å². The summed E-state index contributed by atoms with van der Waals surface area (Å²) in [4.78, 5) is 0. The highest BCUT2D eigenvalue weighted by Crippen LogP contribution is 2.39. The Labute approximate surface area is 121 Å². The van der Waals surface area contributed by atoms with Crippen molar-refractivity contribution in [3.8, 4) is 0 Å². The molecule has 0 amide bonds. The van der Waals surface area contributed by atoms with Crippen molar-refractivity contribution in [2.24, 2.45) is 7.05 Å². The largest absolute Gasteiger partial charge is 0.308 e. The molecule has 1 aliphatic carbocycles. The van der Waals surface area contributed by atoms with Crippen LogP contribution in [-0.4, -0.2) is 9.78 Å². The molecule has 1 aromatic carbocycles. The minimum absolute atomic E-state index is 0.845. The van der Waals surface area contributed by atoms with Gasteiger partial charge in [-0.1, -0.05) is 24.3 Å². The molecule has 1 saturated carbocycles. The average molecular weight is 269 g/mol. The Morgan fingerprint density at radius 2 is 1.85 bits per heavy atom. The topological polar surface area (TPSA) is 29.9 Å². The molecule has 1 heterocycles. The van der Waals surface area contributed by atoms with E-state index < -0.39 is 0 Å². The summed E-state index contributed by atoms with van der Waals surface area (Å²) in [6.45, 7) is 6.00. The van der Waals surface area contributed by atoms with Gasteiger partial charge in [-0.25, -0.2) is 0 Å². The first-order valence-corrected chi connectivity index (χ1v) is 7.44. The van der Waals surface area contributed by atoms with Crippen molar-refractivity contribution in [3.05, 3.63) is 52.3 Å². The highest BCUT2D eigenvalue weighted by atomic mass is 15.3. The van der Waals surface area contributed by atoms with Crippen LogP contribution in [0.4, 0.5) is 0 Å². The van der Waals surface area contributed by atoms with Crippen LogP contribution in [-0.2, 0) is 20.1 Å². The maximum Gasteiger partial charge on any atom is 0.0641 e. The van der Waals surface area contributed by atoms with Gasteiger partial charge in [-0.15, -0.1) is 0 Å². The Hall–Kier alpha value is -1.61. The van der Waals surface area contributed by atoms with E-state index in [9.17, 15) is 0 Å². The molecule has 3 nitrogen and oxygen atoms in total. The van der Waals surface area contributed by atoms with Crippen molar-refractivity contribution in [1.82, 2.24) is 15.1 Å². The van der Waals surface area contributed by atoms with Crippen molar-refractivity contribution < 1.29 is 0 Å². The Bertz CT molecular complexity index is 591. The van der Waals surface area contributed by atoms with Gasteiger partial charge in [0.25, 0.3) is 0 Å². The molecule has 3 heteroatoms. The van der Waals surface area contributed by atoms with E-state index in [1.54, 1.807) is 0 Å². The first kappa shape index (κ1) is 13.4. The lowest BCUT2D eigenvalue weighted by atomic mass is 10.1. The molecule has 0 saturated heterocycles. The SMILES string of the molecule is Cc1nn(C)c(C)c1CNCc1ccc(C2CC2)cc1. The molecule has 0 aliphatic heterocycles. The van der Waals surface area contributed by atoms with Crippen molar-refractivity contribution in [3.63, 3.8) is 0 Å². The number of aryl methyl sites for hydroxylation is 2. The van der Waals surface area contributed by atoms with E-state index in [-0.39, 0.29) is 0 Å². The minimum Gasteiger partial charge on any atom is -0.308 e. The Morgan fingerprint density at radius 1 is 1.15 bits per heavy atom. The number of nitrogens with one attached hydrogen (secondary N) is 1. The third kappa shape index (κ3) is 2.78. The molecule has 3 rings (SSSR count). The number of hydrogen-bond donors (Lipinski definition) is 1. The first-order chi connectivity index (χ1) is 9.65. The van der Waals surface area contributed by atoms with Crippen molar-refractivity contribution in [2.45, 2.75) is 45.7 Å². The maximum absolute atomic E-state index is 4.45. The van der Waals surface area contributed by atoms with Gasteiger partial charge in [0.1, 0.15) is 0 Å². The number of nitrogens with zero attached hydrogens (tertiary/aromatic N) is 2. The van der Waals surface area contributed by atoms with E-state index in [2.05, 4.69) is 48.5 Å². The van der Waals surface area contributed by atoms with Crippen LogP contribution in [0.15, 0.2) is 24.3 Å². The van der Waals surface area contributed by atoms with Gasteiger partial charge in [0.15, 0.2) is 0 Å². The summed E-state index contributed by atoms with van der Waals surface area (Å²) >= 11 is 0. The monoisotopic (exact) mass is 269 g/mol. The molecule has 20 heavy (non-hydrogen) atoms. The molecule has 2 aromatic rings. The smallest absolute Gasteiger partial charge is 0.0641 e. The molecule has 0 bridgehead atoms. The number of aromatic nitrogens is 2. The van der Waals surface area contributed by atoms with Gasteiger partial charge in [0.05, 0.1) is 5.69 Å². The van der Waals surface area contributed by atoms with Crippen molar-refractivity contribution in [2.75, 3.05) is 0 Å². The van der Waals surface area contributed by atoms with Crippen LogP contribution in [0.2, 0.25) is 0 Å². The predicted octanol–water partition coefficient (Wildman–Crippen LogP) is 3.20. The van der Waals surface area contributed by atoms with Crippen LogP contribution in [0.3, 0.4) is 0 Å². The molecular formula is C17H23N3. The summed E-state index contributed by atoms with van der Waals surface area (Å²) in [7, 11) is 2.00. The van der Waals surface area contributed by atoms with E-state index >= 15 is 0 Å². The summed E-state index contributed by atoms with van der Waals surface area (Å²) < 4.78 is 1.96. The minimum atomic E-state index is 0.845. The summed E-state index contributed by atoms with van der Waals surface area (Å²) in [5.41, 5.74) is 6.56. The van der Waals surface area contributed by atoms with Gasteiger partial charge in [0, 0.05) is 31.4 Å². The van der Waals surface area contributed by atoms with E-state index in [1.807, 2.05) is 11.7 Å². The van der Waals surface area contributed by atoms with E-state index in [4.69, 9.17) is 0 Å². The summed E-state index contributed by atoms with van der Waals surface area (Å²) in [6.07, 6.45) is 2.74. The summed E-state index contributed by atoms with van der Waals surface area (Å²) in [5, 5.41) is 7.97. The van der Waals surface area contributed by atoms with Gasteiger partial charge in [-0.2, -0.15) is 5.10 Å². The number of benzene rings is 1. The predicted molar refractivity (Wildman–Crippen MR) is 81.6 cm³/mol. The zero-order valence-corrected chi connectivity index (χ0v) is 12.6. The van der Waals surface area contributed by atoms with Crippen LogP contribution in [0.1, 0.15) is 46.8 Å². The van der Waals surface area contributed by atoms with Crippen molar-refractivity contribution in [1.29, 1.82) is 0 Å². The van der Waals surface area contributed by atoms with Gasteiger partial charge in [-0.3, -0.25) is 4.68 Å². The van der Waals surface area contributed by atoms with Crippen LogP contribution in [0.5, 0.6) is 0 Å². The molecule has 0 radical (unpaired) electrons. The standard InChI is InChI=1S/C17H23N3/c1-12-17(13(2)20(3)19-12)11-18-10-14-4-6-15(7-5-14)16-8-9-16/h4-7,16,18H,8-11H2,1-3H3. The zero-order valence-electron chi connectivity index (χ0n) is 12.6. The van der Waals surface area contributed by atoms with Gasteiger partial charge in [-0.05, 0) is 43.7 Å². The molecule has 1 fully saturated rings. The Balaban J connectivity index is 1.56. The average Bonchev–Trinajstić information content (AvgIpc) is 3.24. The molecular weight excluding hydrogens is 246 g/mol. The second kappa shape index (κ2) is 5.41. The fourth-order valence-corrected chi connectivity index (χ4v) is 2.73. The lowest BCUT2D eigenvalue weighted by Crippen LogP contribution is -2.13. The van der Waals surface area contributed by atoms with Gasteiger partial charge < -0.3 is 5.32 Å². The maximum atomic E-state index is 4.45. The zero-order chi connectivity index (χ0) is 14.1. The van der Waals surface area contributed by atoms with E-state index in [1.165, 1.54) is 35.2 Å². The Kier molecular flexibility index (Phi) is 3.62. The van der Waals surface area contributed by atoms with E-state index in [0.717, 1.165) is 24.7 Å². The molecule has 1 aromatic heterocycles. The normalized spacial score (nSPS) is 14.8. The van der Waals surface area contributed by atoms with Gasteiger partial charge in [0.2, 0.25) is 0 Å². The van der Waals surface area contributed by atoms with E-state index in [0.29, 0.717) is 0 Å². The quantitative estimate of drug-likeness (QED) is 0.903. The second-order valence-corrected chi connectivity index (χ2v) is 5.89. The van der Waals surface area contributed by atoms with Crippen LogP contribution < -0.4 is 5.32 Å². The third-order valence-electron chi connectivity index (χ3n) is 4.32. The van der Waals surface area contributed by atoms with Gasteiger partial charge >= 0.3 is 0 Å². The first-order valence-electron chi connectivity index (χ1n) is 7.44. The molecule has 1 N–H and O–H groups in total. The highest BCUT2D eigenvalue weighted by molar-refractivity contribution is 5.28. The lowest BCUT2D eigenvalue weighted by Gasteiger charge is -2.07. The number of rotatable bonds is 5. The highest BCUT2D eigenvalue weighted by Gasteiger charge is 2.22. The molecule has 1 aliphatic rings. The molecule has 0 spiro atoms. The summed E-state index contributed by atoms with van der Waals surface area (Å²) in [5.74, 6) is 0.845. The molecule has 0 atom stereocenters. The number of hydrogen-bond acceptors (Lipinski definition) is 2. The summed E-state index contributed by atoms with van der Waals surface area (Å²) in [6, 6.07) is 9.08.